The van der Waals surface area contributed by atoms with Gasteiger partial charge in [-0.3, -0.25) is 0 Å². The molecule has 0 aromatic heterocycles. The van der Waals surface area contributed by atoms with Gasteiger partial charge >= 0.3 is 0 Å². The van der Waals surface area contributed by atoms with Crippen LogP contribution in [0.25, 0.3) is 0 Å². The van der Waals surface area contributed by atoms with E-state index >= 15 is 0 Å². The number of anilines is 2. The van der Waals surface area contributed by atoms with Crippen LogP contribution < -0.4 is 11.1 Å². The number of nitrogens with two attached hydrogens (primary N) is 1. The minimum absolute atomic E-state index is 0.0833. The van der Waals surface area contributed by atoms with Crippen LogP contribution >= 0.6 is 0 Å². The average Bonchev–Trinajstić information content (AvgIpc) is 2.36. The maximum absolute atomic E-state index is 11.9. The highest BCUT2D eigenvalue weighted by atomic mass is 32.2. The Labute approximate surface area is 114 Å². The van der Waals surface area contributed by atoms with Crippen molar-refractivity contribution in [1.29, 1.82) is 0 Å². The summed E-state index contributed by atoms with van der Waals surface area (Å²) in [5.74, 6) is 0.101. The zero-order valence-corrected chi connectivity index (χ0v) is 12.2. The van der Waals surface area contributed by atoms with Crippen molar-refractivity contribution in [1.82, 2.24) is 4.31 Å². The van der Waals surface area contributed by atoms with Crippen LogP contribution in [0.3, 0.4) is 0 Å². The van der Waals surface area contributed by atoms with E-state index in [1.165, 1.54) is 26.2 Å². The standard InChI is InChI=1S/C12H21N3O3S/c1-9(8-16)7-14-12-5-4-10(6-11(12)13)19(17,18)15(2)3/h4-6,9,14,16H,7-8,13H2,1-3H3. The molecule has 0 fully saturated rings. The Morgan fingerprint density at radius 1 is 1.42 bits per heavy atom. The van der Waals surface area contributed by atoms with Crippen LogP contribution in [0.2, 0.25) is 0 Å². The number of aliphatic hydroxyl groups is 1. The molecule has 0 aliphatic rings. The summed E-state index contributed by atoms with van der Waals surface area (Å²) in [6.45, 7) is 2.55. The minimum Gasteiger partial charge on any atom is -0.397 e. The first-order valence-corrected chi connectivity index (χ1v) is 7.39. The molecule has 0 heterocycles. The molecule has 0 radical (unpaired) electrons. The summed E-state index contributed by atoms with van der Waals surface area (Å²) in [4.78, 5) is 0.163. The number of nitrogens with zero attached hydrogens (tertiary/aromatic N) is 1. The number of benzene rings is 1. The lowest BCUT2D eigenvalue weighted by molar-refractivity contribution is 0.244. The highest BCUT2D eigenvalue weighted by Crippen LogP contribution is 2.24. The smallest absolute Gasteiger partial charge is 0.242 e. The average molecular weight is 287 g/mol. The molecule has 1 atom stereocenters. The van der Waals surface area contributed by atoms with Gasteiger partial charge in [-0.05, 0) is 24.1 Å². The second-order valence-electron chi connectivity index (χ2n) is 4.71. The fraction of sp³-hybridized carbons (Fsp3) is 0.500. The fourth-order valence-corrected chi connectivity index (χ4v) is 2.36. The molecule has 19 heavy (non-hydrogen) atoms. The van der Waals surface area contributed by atoms with Gasteiger partial charge in [0, 0.05) is 27.2 Å². The van der Waals surface area contributed by atoms with Crippen LogP contribution in [0, 0.1) is 5.92 Å². The Morgan fingerprint density at radius 2 is 2.05 bits per heavy atom. The first-order chi connectivity index (χ1) is 8.78. The first-order valence-electron chi connectivity index (χ1n) is 5.95. The SMILES string of the molecule is CC(CO)CNc1ccc(S(=O)(=O)N(C)C)cc1N. The molecule has 6 nitrogen and oxygen atoms in total. The molecule has 0 saturated heterocycles. The summed E-state index contributed by atoms with van der Waals surface area (Å²) >= 11 is 0. The Hall–Kier alpha value is -1.31. The minimum atomic E-state index is -3.47. The zero-order chi connectivity index (χ0) is 14.6. The van der Waals surface area contributed by atoms with Gasteiger partial charge in [0.2, 0.25) is 10.0 Å². The molecule has 108 valence electrons. The maximum atomic E-state index is 11.9. The normalized spacial score (nSPS) is 13.5. The lowest BCUT2D eigenvalue weighted by atomic mass is 10.2. The second-order valence-corrected chi connectivity index (χ2v) is 6.86. The fourth-order valence-electron chi connectivity index (χ4n) is 1.42. The van der Waals surface area contributed by atoms with E-state index in [9.17, 15) is 8.42 Å². The largest absolute Gasteiger partial charge is 0.397 e. The number of aliphatic hydroxyl groups excluding tert-OH is 1. The molecule has 1 unspecified atom stereocenters. The van der Waals surface area contributed by atoms with Gasteiger partial charge in [-0.25, -0.2) is 12.7 Å². The zero-order valence-electron chi connectivity index (χ0n) is 11.4. The number of nitrogens with one attached hydrogen (secondary N) is 1. The monoisotopic (exact) mass is 287 g/mol. The van der Waals surface area contributed by atoms with Gasteiger partial charge in [0.05, 0.1) is 16.3 Å². The summed E-state index contributed by atoms with van der Waals surface area (Å²) in [6.07, 6.45) is 0. The number of sulfonamides is 1. The topological polar surface area (TPSA) is 95.7 Å². The molecule has 1 aromatic carbocycles. The van der Waals surface area contributed by atoms with Gasteiger partial charge in [0.25, 0.3) is 0 Å². The number of rotatable bonds is 6. The maximum Gasteiger partial charge on any atom is 0.242 e. The van der Waals surface area contributed by atoms with Gasteiger partial charge in [0.15, 0.2) is 0 Å². The third kappa shape index (κ3) is 3.82. The highest BCUT2D eigenvalue weighted by molar-refractivity contribution is 7.89. The van der Waals surface area contributed by atoms with Crippen LogP contribution in [-0.2, 0) is 10.0 Å². The van der Waals surface area contributed by atoms with E-state index in [0.717, 1.165) is 4.31 Å². The molecule has 0 bridgehead atoms. The molecule has 7 heteroatoms. The summed E-state index contributed by atoms with van der Waals surface area (Å²) in [7, 11) is -0.521. The Balaban J connectivity index is 2.92. The number of hydrogen-bond donors (Lipinski definition) is 3. The summed E-state index contributed by atoms with van der Waals surface area (Å²) in [5.41, 5.74) is 6.87. The lowest BCUT2D eigenvalue weighted by Gasteiger charge is -2.15. The molecule has 0 aliphatic heterocycles. The summed E-state index contributed by atoms with van der Waals surface area (Å²) < 4.78 is 25.0. The van der Waals surface area contributed by atoms with Crippen molar-refractivity contribution in [3.8, 4) is 0 Å². The number of nitrogen functional groups attached to an aromatic ring is 1. The summed E-state index contributed by atoms with van der Waals surface area (Å²) in [5, 5.41) is 12.0. The van der Waals surface area contributed by atoms with Crippen molar-refractivity contribution in [2.75, 3.05) is 38.3 Å². The molecule has 1 aromatic rings. The highest BCUT2D eigenvalue weighted by Gasteiger charge is 2.18. The second kappa shape index (κ2) is 6.23. The van der Waals surface area contributed by atoms with E-state index < -0.39 is 10.0 Å². The van der Waals surface area contributed by atoms with E-state index in [1.807, 2.05) is 6.92 Å². The van der Waals surface area contributed by atoms with Crippen LogP contribution in [0.5, 0.6) is 0 Å². The van der Waals surface area contributed by atoms with Gasteiger partial charge < -0.3 is 16.2 Å². The molecule has 0 amide bonds. The predicted molar refractivity (Wildman–Crippen MR) is 76.5 cm³/mol. The molecule has 0 aliphatic carbocycles. The van der Waals surface area contributed by atoms with Crippen LogP contribution in [-0.4, -0.2) is 45.1 Å². The molecular weight excluding hydrogens is 266 g/mol. The molecular formula is C12H21N3O3S. The van der Waals surface area contributed by atoms with Crippen molar-refractivity contribution >= 4 is 21.4 Å². The molecule has 0 spiro atoms. The molecule has 1 rings (SSSR count). The van der Waals surface area contributed by atoms with Gasteiger partial charge in [-0.2, -0.15) is 0 Å². The molecule has 4 N–H and O–H groups in total. The third-order valence-corrected chi connectivity index (χ3v) is 4.57. The third-order valence-electron chi connectivity index (χ3n) is 2.75. The Morgan fingerprint density at radius 3 is 2.53 bits per heavy atom. The Kier molecular flexibility index (Phi) is 5.16. The quantitative estimate of drug-likeness (QED) is 0.664. The number of hydrogen-bond acceptors (Lipinski definition) is 5. The first kappa shape index (κ1) is 15.7. The van der Waals surface area contributed by atoms with E-state index in [0.29, 0.717) is 17.9 Å². The Bertz CT molecular complexity index is 529. The van der Waals surface area contributed by atoms with E-state index in [-0.39, 0.29) is 17.4 Å². The van der Waals surface area contributed by atoms with Gasteiger partial charge in [0.1, 0.15) is 0 Å². The summed E-state index contributed by atoms with van der Waals surface area (Å²) in [6, 6.07) is 4.58. The van der Waals surface area contributed by atoms with Crippen molar-refractivity contribution < 1.29 is 13.5 Å². The van der Waals surface area contributed by atoms with Crippen molar-refractivity contribution in [3.05, 3.63) is 18.2 Å². The van der Waals surface area contributed by atoms with Crippen LogP contribution in [0.4, 0.5) is 11.4 Å². The van der Waals surface area contributed by atoms with E-state index in [2.05, 4.69) is 5.32 Å². The van der Waals surface area contributed by atoms with Crippen molar-refractivity contribution in [3.63, 3.8) is 0 Å². The van der Waals surface area contributed by atoms with E-state index in [1.54, 1.807) is 6.07 Å². The van der Waals surface area contributed by atoms with Crippen LogP contribution in [0.15, 0.2) is 23.1 Å². The lowest BCUT2D eigenvalue weighted by Crippen LogP contribution is -2.22. The molecule has 0 saturated carbocycles. The van der Waals surface area contributed by atoms with Crippen molar-refractivity contribution in [2.45, 2.75) is 11.8 Å². The van der Waals surface area contributed by atoms with Gasteiger partial charge in [-0.15, -0.1) is 0 Å². The van der Waals surface area contributed by atoms with Crippen molar-refractivity contribution in [2.24, 2.45) is 5.92 Å². The van der Waals surface area contributed by atoms with Gasteiger partial charge in [-0.1, -0.05) is 6.92 Å². The predicted octanol–water partition coefficient (Wildman–Crippen LogP) is 0.559. The van der Waals surface area contributed by atoms with E-state index in [4.69, 9.17) is 10.8 Å². The van der Waals surface area contributed by atoms with Crippen LogP contribution in [0.1, 0.15) is 6.92 Å².